The van der Waals surface area contributed by atoms with Crippen LogP contribution in [-0.4, -0.2) is 24.1 Å². The number of pyridine rings is 1. The van der Waals surface area contributed by atoms with Crippen LogP contribution in [0.3, 0.4) is 0 Å². The highest BCUT2D eigenvalue weighted by molar-refractivity contribution is 7.12. The van der Waals surface area contributed by atoms with E-state index >= 15 is 0 Å². The van der Waals surface area contributed by atoms with Crippen LogP contribution >= 0.6 is 11.3 Å². The molecule has 6 heteroatoms. The molecule has 23 heavy (non-hydrogen) atoms. The lowest BCUT2D eigenvalue weighted by Crippen LogP contribution is -2.29. The standard InChI is InChI=1S/C17H20N2O3S/c1-11(2)8-13(12-4-3-5-18-9-12)19-17(20)16-15-14(10-23-16)21-6-7-22-15/h3-5,9-11,13H,6-8H2,1-2H3,(H,19,20)/t13-/m1/s1. The van der Waals surface area contributed by atoms with Crippen LogP contribution < -0.4 is 14.8 Å². The van der Waals surface area contributed by atoms with Gasteiger partial charge in [-0.3, -0.25) is 9.78 Å². The third kappa shape index (κ3) is 3.64. The molecule has 0 unspecified atom stereocenters. The summed E-state index contributed by atoms with van der Waals surface area (Å²) in [6.07, 6.45) is 4.39. The Kier molecular flexibility index (Phi) is 4.81. The Labute approximate surface area is 139 Å². The van der Waals surface area contributed by atoms with E-state index in [-0.39, 0.29) is 11.9 Å². The van der Waals surface area contributed by atoms with E-state index in [9.17, 15) is 4.79 Å². The van der Waals surface area contributed by atoms with E-state index in [0.717, 1.165) is 12.0 Å². The first-order valence-corrected chi connectivity index (χ1v) is 8.61. The van der Waals surface area contributed by atoms with E-state index in [1.54, 1.807) is 12.4 Å². The van der Waals surface area contributed by atoms with Gasteiger partial charge in [-0.05, 0) is 24.0 Å². The molecule has 0 bridgehead atoms. The Balaban J connectivity index is 1.79. The zero-order valence-corrected chi connectivity index (χ0v) is 14.1. The molecular weight excluding hydrogens is 312 g/mol. The van der Waals surface area contributed by atoms with Crippen LogP contribution in [0.5, 0.6) is 11.5 Å². The molecule has 3 heterocycles. The molecule has 0 aromatic carbocycles. The molecule has 0 spiro atoms. The highest BCUT2D eigenvalue weighted by atomic mass is 32.1. The fourth-order valence-electron chi connectivity index (χ4n) is 2.58. The van der Waals surface area contributed by atoms with E-state index in [0.29, 0.717) is 35.5 Å². The lowest BCUT2D eigenvalue weighted by atomic mass is 9.98. The maximum atomic E-state index is 12.7. The molecule has 0 saturated heterocycles. The Bertz CT molecular complexity index is 670. The number of rotatable bonds is 5. The minimum Gasteiger partial charge on any atom is -0.485 e. The molecule has 1 amide bonds. The summed E-state index contributed by atoms with van der Waals surface area (Å²) in [5.74, 6) is 1.55. The summed E-state index contributed by atoms with van der Waals surface area (Å²) >= 11 is 1.35. The predicted octanol–water partition coefficient (Wildman–Crippen LogP) is 3.43. The molecule has 5 nitrogen and oxygen atoms in total. The first-order valence-electron chi connectivity index (χ1n) is 7.73. The van der Waals surface area contributed by atoms with Crippen LogP contribution in [0, 0.1) is 5.92 Å². The molecule has 3 rings (SSSR count). The summed E-state index contributed by atoms with van der Waals surface area (Å²) in [5, 5.41) is 4.94. The number of carbonyl (C=O) groups excluding carboxylic acids is 1. The highest BCUT2D eigenvalue weighted by Crippen LogP contribution is 2.39. The van der Waals surface area contributed by atoms with Crippen LogP contribution in [0.2, 0.25) is 0 Å². The summed E-state index contributed by atoms with van der Waals surface area (Å²) < 4.78 is 11.1. The molecular formula is C17H20N2O3S. The molecule has 1 aliphatic heterocycles. The summed E-state index contributed by atoms with van der Waals surface area (Å²) in [6.45, 7) is 5.28. The fourth-order valence-corrected chi connectivity index (χ4v) is 3.41. The number of nitrogens with zero attached hydrogens (tertiary/aromatic N) is 1. The third-order valence-corrected chi connectivity index (χ3v) is 4.54. The molecule has 0 saturated carbocycles. The molecule has 2 aromatic rings. The van der Waals surface area contributed by atoms with Crippen LogP contribution in [0.4, 0.5) is 0 Å². The minimum atomic E-state index is -0.128. The Morgan fingerprint density at radius 1 is 1.39 bits per heavy atom. The van der Waals surface area contributed by atoms with Gasteiger partial charge in [0.25, 0.3) is 5.91 Å². The van der Waals surface area contributed by atoms with Crippen molar-refractivity contribution in [2.24, 2.45) is 5.92 Å². The van der Waals surface area contributed by atoms with Gasteiger partial charge in [-0.2, -0.15) is 0 Å². The quantitative estimate of drug-likeness (QED) is 0.911. The molecule has 0 aliphatic carbocycles. The van der Waals surface area contributed by atoms with Crippen molar-refractivity contribution < 1.29 is 14.3 Å². The van der Waals surface area contributed by atoms with E-state index in [1.807, 2.05) is 17.5 Å². The molecule has 0 radical (unpaired) electrons. The smallest absolute Gasteiger partial charge is 0.265 e. The zero-order valence-electron chi connectivity index (χ0n) is 13.2. The third-order valence-electron chi connectivity index (χ3n) is 3.61. The van der Waals surface area contributed by atoms with Gasteiger partial charge in [0.15, 0.2) is 11.5 Å². The number of aromatic nitrogens is 1. The second kappa shape index (κ2) is 7.00. The number of hydrogen-bond donors (Lipinski definition) is 1. The fraction of sp³-hybridized carbons (Fsp3) is 0.412. The van der Waals surface area contributed by atoms with Gasteiger partial charge >= 0.3 is 0 Å². The van der Waals surface area contributed by atoms with Crippen molar-refractivity contribution in [3.63, 3.8) is 0 Å². The second-order valence-electron chi connectivity index (χ2n) is 5.90. The van der Waals surface area contributed by atoms with E-state index in [4.69, 9.17) is 9.47 Å². The molecule has 122 valence electrons. The van der Waals surface area contributed by atoms with Crippen LogP contribution in [0.25, 0.3) is 0 Å². The number of thiophene rings is 1. The molecule has 1 aliphatic rings. The number of carbonyl (C=O) groups is 1. The highest BCUT2D eigenvalue weighted by Gasteiger charge is 2.25. The van der Waals surface area contributed by atoms with E-state index < -0.39 is 0 Å². The van der Waals surface area contributed by atoms with Gasteiger partial charge in [0, 0.05) is 17.8 Å². The number of ether oxygens (including phenoxy) is 2. The van der Waals surface area contributed by atoms with Crippen molar-refractivity contribution >= 4 is 17.2 Å². The monoisotopic (exact) mass is 332 g/mol. The normalized spacial score (nSPS) is 14.6. The Hall–Kier alpha value is -2.08. The first-order chi connectivity index (χ1) is 11.1. The number of nitrogens with one attached hydrogen (secondary N) is 1. The Morgan fingerprint density at radius 2 is 2.22 bits per heavy atom. The SMILES string of the molecule is CC(C)C[C@@H](NC(=O)c1scc2c1OCCO2)c1cccnc1. The summed E-state index contributed by atoms with van der Waals surface area (Å²) in [5.41, 5.74) is 1.01. The van der Waals surface area contributed by atoms with E-state index in [1.165, 1.54) is 11.3 Å². The van der Waals surface area contributed by atoms with Crippen LogP contribution in [-0.2, 0) is 0 Å². The van der Waals surface area contributed by atoms with Crippen molar-refractivity contribution in [2.75, 3.05) is 13.2 Å². The van der Waals surface area contributed by atoms with Crippen molar-refractivity contribution in [1.82, 2.24) is 10.3 Å². The topological polar surface area (TPSA) is 60.5 Å². The number of fused-ring (bicyclic) bond motifs is 1. The lowest BCUT2D eigenvalue weighted by Gasteiger charge is -2.21. The van der Waals surface area contributed by atoms with Crippen LogP contribution in [0.15, 0.2) is 29.9 Å². The van der Waals surface area contributed by atoms with Gasteiger partial charge in [0.2, 0.25) is 0 Å². The van der Waals surface area contributed by atoms with Gasteiger partial charge in [-0.15, -0.1) is 11.3 Å². The van der Waals surface area contributed by atoms with Crippen LogP contribution in [0.1, 0.15) is 41.5 Å². The summed E-state index contributed by atoms with van der Waals surface area (Å²) in [6, 6.07) is 3.81. The van der Waals surface area contributed by atoms with Crippen molar-refractivity contribution in [3.8, 4) is 11.5 Å². The largest absolute Gasteiger partial charge is 0.485 e. The van der Waals surface area contributed by atoms with Gasteiger partial charge in [0.1, 0.15) is 18.1 Å². The molecule has 1 N–H and O–H groups in total. The van der Waals surface area contributed by atoms with Crippen molar-refractivity contribution in [3.05, 3.63) is 40.3 Å². The lowest BCUT2D eigenvalue weighted by molar-refractivity contribution is 0.0927. The maximum Gasteiger partial charge on any atom is 0.265 e. The van der Waals surface area contributed by atoms with Gasteiger partial charge in [0.05, 0.1) is 6.04 Å². The summed E-state index contributed by atoms with van der Waals surface area (Å²) in [7, 11) is 0. The van der Waals surface area contributed by atoms with Crippen molar-refractivity contribution in [1.29, 1.82) is 0 Å². The minimum absolute atomic E-state index is 0.0709. The van der Waals surface area contributed by atoms with E-state index in [2.05, 4.69) is 24.1 Å². The molecule has 1 atom stereocenters. The van der Waals surface area contributed by atoms with Gasteiger partial charge in [-0.1, -0.05) is 19.9 Å². The zero-order chi connectivity index (χ0) is 16.2. The number of hydrogen-bond acceptors (Lipinski definition) is 5. The summed E-state index contributed by atoms with van der Waals surface area (Å²) in [4.78, 5) is 17.4. The number of amides is 1. The molecule has 0 fully saturated rings. The predicted molar refractivity (Wildman–Crippen MR) is 89.2 cm³/mol. The average Bonchev–Trinajstić information content (AvgIpc) is 2.99. The second-order valence-corrected chi connectivity index (χ2v) is 6.78. The van der Waals surface area contributed by atoms with Crippen molar-refractivity contribution in [2.45, 2.75) is 26.3 Å². The van der Waals surface area contributed by atoms with Gasteiger partial charge < -0.3 is 14.8 Å². The maximum absolute atomic E-state index is 12.7. The average molecular weight is 332 g/mol. The first kappa shape index (κ1) is 15.8. The molecule has 2 aromatic heterocycles. The Morgan fingerprint density at radius 3 is 2.96 bits per heavy atom. The van der Waals surface area contributed by atoms with Gasteiger partial charge in [-0.25, -0.2) is 0 Å².